The van der Waals surface area contributed by atoms with Crippen LogP contribution in [0, 0.1) is 0 Å². The zero-order valence-corrected chi connectivity index (χ0v) is 37.2. The zero-order valence-electron chi connectivity index (χ0n) is 37.2. The molecule has 3 heterocycles. The Kier molecular flexibility index (Phi) is 16.3. The number of anilines is 3. The van der Waals surface area contributed by atoms with E-state index in [0.717, 1.165) is 62.6 Å². The van der Waals surface area contributed by atoms with Crippen molar-refractivity contribution in [2.45, 2.75) is 79.2 Å². The average Bonchev–Trinajstić information content (AvgIpc) is 3.18. The van der Waals surface area contributed by atoms with Crippen molar-refractivity contribution in [3.8, 4) is 17.0 Å². The van der Waals surface area contributed by atoms with Crippen LogP contribution in [0.25, 0.3) is 11.3 Å². The van der Waals surface area contributed by atoms with Gasteiger partial charge in [-0.15, -0.1) is 0 Å². The molecule has 16 nitrogen and oxygen atoms in total. The van der Waals surface area contributed by atoms with E-state index in [-0.39, 0.29) is 19.1 Å². The third-order valence-corrected chi connectivity index (χ3v) is 9.70. The second kappa shape index (κ2) is 21.4. The van der Waals surface area contributed by atoms with Gasteiger partial charge >= 0.3 is 18.2 Å². The number of hydrogen-bond donors (Lipinski definition) is 2. The summed E-state index contributed by atoms with van der Waals surface area (Å²) in [6, 6.07) is 14.0. The number of nitrogens with zero attached hydrogens (tertiary/aromatic N) is 6. The van der Waals surface area contributed by atoms with Crippen molar-refractivity contribution < 1.29 is 38.1 Å². The Balaban J connectivity index is 1.31. The summed E-state index contributed by atoms with van der Waals surface area (Å²) in [5, 5.41) is 6.20. The lowest BCUT2D eigenvalue weighted by Crippen LogP contribution is -2.47. The van der Waals surface area contributed by atoms with Crippen molar-refractivity contribution in [1.29, 1.82) is 0 Å². The molecule has 0 radical (unpaired) electrons. The van der Waals surface area contributed by atoms with Crippen LogP contribution in [0.2, 0.25) is 0 Å². The van der Waals surface area contributed by atoms with Gasteiger partial charge in [0.1, 0.15) is 17.0 Å². The van der Waals surface area contributed by atoms with E-state index in [1.807, 2.05) is 45.0 Å². The number of methoxy groups -OCH3 is 1. The molecule has 0 saturated carbocycles. The van der Waals surface area contributed by atoms with Gasteiger partial charge in [-0.05, 0) is 103 Å². The summed E-state index contributed by atoms with van der Waals surface area (Å²) < 4.78 is 27.7. The highest BCUT2D eigenvalue weighted by Gasteiger charge is 2.25. The number of benzene rings is 2. The van der Waals surface area contributed by atoms with Gasteiger partial charge < -0.3 is 44.1 Å². The van der Waals surface area contributed by atoms with Crippen molar-refractivity contribution in [3.63, 3.8) is 0 Å². The van der Waals surface area contributed by atoms with Gasteiger partial charge in [0, 0.05) is 87.6 Å². The van der Waals surface area contributed by atoms with E-state index in [0.29, 0.717) is 55.9 Å². The van der Waals surface area contributed by atoms with E-state index in [1.54, 1.807) is 45.9 Å². The Labute approximate surface area is 360 Å². The lowest BCUT2D eigenvalue weighted by atomic mass is 10.1. The number of piperazine rings is 1. The van der Waals surface area contributed by atoms with Crippen molar-refractivity contribution in [1.82, 2.24) is 30.0 Å². The van der Waals surface area contributed by atoms with Gasteiger partial charge in [0.25, 0.3) is 0 Å². The molecule has 2 N–H and O–H groups in total. The molecule has 0 atom stereocenters. The molecule has 0 unspecified atom stereocenters. The SMILES string of the molecule is C=C(C)OC(=O)CN1CCN(Cc2cc(Nc3nccc(-c4ccc(OC)c(CN(CCCNC(=O)OC(C)(C)C)C(=O)OC(C)(C)C)c4)n3)ccc2N2CCOCC2)CC1. The Bertz CT molecular complexity index is 1970. The third kappa shape index (κ3) is 15.2. The fourth-order valence-corrected chi connectivity index (χ4v) is 6.97. The molecule has 0 aliphatic carbocycles. The summed E-state index contributed by atoms with van der Waals surface area (Å²) in [6.45, 7) is 24.2. The predicted molar refractivity (Wildman–Crippen MR) is 235 cm³/mol. The second-order valence-corrected chi connectivity index (χ2v) is 17.3. The van der Waals surface area contributed by atoms with Crippen LogP contribution in [0.1, 0.15) is 66.0 Å². The summed E-state index contributed by atoms with van der Waals surface area (Å²) in [4.78, 5) is 55.9. The number of alkyl carbamates (subject to hydrolysis) is 1. The van der Waals surface area contributed by atoms with Gasteiger partial charge in [0.2, 0.25) is 5.95 Å². The van der Waals surface area contributed by atoms with E-state index in [2.05, 4.69) is 55.1 Å². The standard InChI is InChI=1S/C45H64N8O8/c1-32(2)59-40(54)31-51-21-19-50(20-22-51)29-34-28-36(12-13-38(34)52-23-25-58-26-24-52)48-41-46-17-15-37(49-41)33-11-14-39(57-9)35(27-33)30-53(43(56)61-45(6,7)8)18-10-16-47-42(55)60-44(3,4)5/h11-15,17,27-28H,1,10,16,18-26,29-31H2,2-9H3,(H,47,55)(H,46,48,49). The van der Waals surface area contributed by atoms with Crippen molar-refractivity contribution in [2.24, 2.45) is 0 Å². The lowest BCUT2D eigenvalue weighted by molar-refractivity contribution is -0.141. The monoisotopic (exact) mass is 844 g/mol. The number of nitrogens with one attached hydrogen (secondary N) is 2. The van der Waals surface area contributed by atoms with Crippen LogP contribution in [0.4, 0.5) is 26.9 Å². The number of amides is 2. The number of carbonyl (C=O) groups excluding carboxylic acids is 3. The van der Waals surface area contributed by atoms with Gasteiger partial charge in [0.15, 0.2) is 0 Å². The quantitative estimate of drug-likeness (QED) is 0.0689. The normalized spacial score (nSPS) is 15.1. The van der Waals surface area contributed by atoms with Gasteiger partial charge in [-0.2, -0.15) is 0 Å². The van der Waals surface area contributed by atoms with E-state index in [9.17, 15) is 14.4 Å². The van der Waals surface area contributed by atoms with Crippen LogP contribution in [-0.2, 0) is 36.8 Å². The first-order chi connectivity index (χ1) is 28.9. The Morgan fingerprint density at radius 1 is 0.885 bits per heavy atom. The molecule has 2 fully saturated rings. The van der Waals surface area contributed by atoms with Crippen LogP contribution in [-0.4, -0.2) is 133 Å². The number of carbonyl (C=O) groups is 3. The topological polar surface area (TPSA) is 160 Å². The minimum absolute atomic E-state index is 0.198. The molecule has 1 aromatic heterocycles. The van der Waals surface area contributed by atoms with E-state index >= 15 is 0 Å². The van der Waals surface area contributed by atoms with Crippen LogP contribution in [0.15, 0.2) is 61.0 Å². The molecule has 0 spiro atoms. The van der Waals surface area contributed by atoms with E-state index in [4.69, 9.17) is 28.7 Å². The molecule has 2 aliphatic heterocycles. The van der Waals surface area contributed by atoms with Crippen LogP contribution in [0.3, 0.4) is 0 Å². The molecule has 61 heavy (non-hydrogen) atoms. The Morgan fingerprint density at radius 3 is 2.26 bits per heavy atom. The second-order valence-electron chi connectivity index (χ2n) is 17.3. The maximum Gasteiger partial charge on any atom is 0.410 e. The van der Waals surface area contributed by atoms with Gasteiger partial charge in [0.05, 0.1) is 44.9 Å². The summed E-state index contributed by atoms with van der Waals surface area (Å²) in [7, 11) is 1.59. The van der Waals surface area contributed by atoms with Crippen LogP contribution >= 0.6 is 0 Å². The zero-order chi connectivity index (χ0) is 44.2. The molecule has 2 saturated heterocycles. The molecule has 0 bridgehead atoms. The molecule has 332 valence electrons. The fourth-order valence-electron chi connectivity index (χ4n) is 6.97. The van der Waals surface area contributed by atoms with E-state index in [1.165, 1.54) is 11.3 Å². The molecule has 2 aromatic carbocycles. The number of esters is 1. The molecule has 3 aromatic rings. The summed E-state index contributed by atoms with van der Waals surface area (Å²) in [5.74, 6) is 1.16. The maximum atomic E-state index is 13.5. The number of allylic oxidation sites excluding steroid dienone is 1. The summed E-state index contributed by atoms with van der Waals surface area (Å²) in [5.41, 5.74) is 4.13. The smallest absolute Gasteiger partial charge is 0.410 e. The van der Waals surface area contributed by atoms with Crippen molar-refractivity contribution in [2.75, 3.05) is 89.4 Å². The first-order valence-corrected chi connectivity index (χ1v) is 20.9. The third-order valence-electron chi connectivity index (χ3n) is 9.70. The summed E-state index contributed by atoms with van der Waals surface area (Å²) >= 11 is 0. The van der Waals surface area contributed by atoms with Crippen LogP contribution < -0.4 is 20.3 Å². The van der Waals surface area contributed by atoms with E-state index < -0.39 is 23.4 Å². The average molecular weight is 845 g/mol. The first kappa shape index (κ1) is 46.6. The molecule has 16 heteroatoms. The molecule has 5 rings (SSSR count). The lowest BCUT2D eigenvalue weighted by Gasteiger charge is -2.36. The minimum Gasteiger partial charge on any atom is -0.496 e. The number of ether oxygens (including phenoxy) is 5. The largest absolute Gasteiger partial charge is 0.496 e. The first-order valence-electron chi connectivity index (χ1n) is 20.9. The predicted octanol–water partition coefficient (Wildman–Crippen LogP) is 6.58. The highest BCUT2D eigenvalue weighted by Crippen LogP contribution is 2.31. The van der Waals surface area contributed by atoms with Crippen molar-refractivity contribution in [3.05, 3.63) is 72.1 Å². The van der Waals surface area contributed by atoms with Crippen LogP contribution in [0.5, 0.6) is 5.75 Å². The Hall–Kier alpha value is -5.45. The maximum absolute atomic E-state index is 13.5. The molecular formula is C45H64N8O8. The molecule has 2 amide bonds. The van der Waals surface area contributed by atoms with Crippen molar-refractivity contribution >= 4 is 35.5 Å². The molecular weight excluding hydrogens is 781 g/mol. The highest BCUT2D eigenvalue weighted by atomic mass is 16.6. The number of aromatic nitrogens is 2. The number of morpholine rings is 1. The highest BCUT2D eigenvalue weighted by molar-refractivity contribution is 5.73. The Morgan fingerprint density at radius 2 is 1.59 bits per heavy atom. The number of rotatable bonds is 16. The molecule has 2 aliphatic rings. The minimum atomic E-state index is -0.706. The fraction of sp³-hybridized carbons (Fsp3) is 0.533. The number of hydrogen-bond acceptors (Lipinski definition) is 14. The summed E-state index contributed by atoms with van der Waals surface area (Å²) in [6.07, 6.45) is 1.20. The van der Waals surface area contributed by atoms with Gasteiger partial charge in [-0.25, -0.2) is 19.6 Å². The van der Waals surface area contributed by atoms with Gasteiger partial charge in [-0.3, -0.25) is 14.6 Å². The van der Waals surface area contributed by atoms with Gasteiger partial charge in [-0.1, -0.05) is 6.58 Å².